The summed E-state index contributed by atoms with van der Waals surface area (Å²) < 4.78 is 26.7. The fraction of sp³-hybridized carbons (Fsp3) is 0.400. The van der Waals surface area contributed by atoms with Crippen molar-refractivity contribution in [3.05, 3.63) is 35.4 Å². The number of halogens is 2. The van der Waals surface area contributed by atoms with E-state index in [-0.39, 0.29) is 31.2 Å². The minimum Gasteiger partial charge on any atom is -0.334 e. The number of imide groups is 1. The van der Waals surface area contributed by atoms with E-state index in [2.05, 4.69) is 5.32 Å². The molecule has 1 saturated carbocycles. The Morgan fingerprint density at radius 3 is 2.61 bits per heavy atom. The van der Waals surface area contributed by atoms with E-state index in [4.69, 9.17) is 0 Å². The lowest BCUT2D eigenvalue weighted by atomic mass is 10.2. The first-order valence-corrected chi connectivity index (χ1v) is 7.27. The summed E-state index contributed by atoms with van der Waals surface area (Å²) >= 11 is 0. The number of urea groups is 1. The zero-order valence-electron chi connectivity index (χ0n) is 12.2. The van der Waals surface area contributed by atoms with E-state index in [1.54, 1.807) is 0 Å². The van der Waals surface area contributed by atoms with Gasteiger partial charge in [-0.15, -0.1) is 0 Å². The van der Waals surface area contributed by atoms with Crippen LogP contribution in [0.3, 0.4) is 0 Å². The van der Waals surface area contributed by atoms with Gasteiger partial charge in [0.15, 0.2) is 0 Å². The number of carbonyl (C=O) groups is 3. The first kappa shape index (κ1) is 15.4. The highest BCUT2D eigenvalue weighted by Crippen LogP contribution is 2.29. The van der Waals surface area contributed by atoms with Gasteiger partial charge in [0.1, 0.15) is 18.2 Å². The van der Waals surface area contributed by atoms with Gasteiger partial charge in [-0.2, -0.15) is 0 Å². The second-order valence-corrected chi connectivity index (χ2v) is 5.63. The van der Waals surface area contributed by atoms with E-state index in [9.17, 15) is 23.2 Å². The molecule has 1 aromatic carbocycles. The SMILES string of the molecule is O=C1CNC(=O)N1CC(=O)N(Cc1ccc(F)cc1F)C1CC1. The number of rotatable bonds is 5. The Morgan fingerprint density at radius 1 is 1.30 bits per heavy atom. The molecule has 0 unspecified atom stereocenters. The third kappa shape index (κ3) is 3.30. The molecule has 4 amide bonds. The average molecular weight is 323 g/mol. The largest absolute Gasteiger partial charge is 0.334 e. The number of benzene rings is 1. The molecule has 1 N–H and O–H groups in total. The maximum absolute atomic E-state index is 13.8. The van der Waals surface area contributed by atoms with Gasteiger partial charge in [0.2, 0.25) is 5.91 Å². The fourth-order valence-corrected chi connectivity index (χ4v) is 2.48. The molecule has 23 heavy (non-hydrogen) atoms. The summed E-state index contributed by atoms with van der Waals surface area (Å²) in [6, 6.07) is 2.55. The summed E-state index contributed by atoms with van der Waals surface area (Å²) in [5.74, 6) is -2.30. The van der Waals surface area contributed by atoms with Gasteiger partial charge < -0.3 is 10.2 Å². The van der Waals surface area contributed by atoms with Crippen LogP contribution in [0.25, 0.3) is 0 Å². The van der Waals surface area contributed by atoms with E-state index in [1.807, 2.05) is 0 Å². The van der Waals surface area contributed by atoms with E-state index >= 15 is 0 Å². The lowest BCUT2D eigenvalue weighted by Crippen LogP contribution is -2.43. The summed E-state index contributed by atoms with van der Waals surface area (Å²) in [5.41, 5.74) is 0.198. The van der Waals surface area contributed by atoms with Gasteiger partial charge in [0.25, 0.3) is 5.91 Å². The van der Waals surface area contributed by atoms with Crippen molar-refractivity contribution in [1.82, 2.24) is 15.1 Å². The normalized spacial score (nSPS) is 17.4. The smallest absolute Gasteiger partial charge is 0.325 e. The van der Waals surface area contributed by atoms with Crippen LogP contribution in [-0.2, 0) is 16.1 Å². The third-order valence-electron chi connectivity index (χ3n) is 3.89. The number of hydrogen-bond acceptors (Lipinski definition) is 3. The molecule has 0 spiro atoms. The number of nitrogens with one attached hydrogen (secondary N) is 1. The Bertz CT molecular complexity index is 660. The summed E-state index contributed by atoms with van der Waals surface area (Å²) in [6.07, 6.45) is 1.57. The van der Waals surface area contributed by atoms with Crippen LogP contribution in [0.1, 0.15) is 18.4 Å². The molecule has 2 aliphatic rings. The molecule has 1 aromatic rings. The first-order valence-electron chi connectivity index (χ1n) is 7.27. The Kier molecular flexibility index (Phi) is 3.97. The maximum Gasteiger partial charge on any atom is 0.325 e. The highest BCUT2D eigenvalue weighted by Gasteiger charge is 2.37. The molecule has 0 radical (unpaired) electrons. The second-order valence-electron chi connectivity index (χ2n) is 5.63. The van der Waals surface area contributed by atoms with Crippen LogP contribution < -0.4 is 5.32 Å². The topological polar surface area (TPSA) is 69.7 Å². The van der Waals surface area contributed by atoms with Crippen LogP contribution in [0, 0.1) is 11.6 Å². The van der Waals surface area contributed by atoms with E-state index in [0.29, 0.717) is 0 Å². The van der Waals surface area contributed by atoms with Crippen LogP contribution in [0.5, 0.6) is 0 Å². The number of hydrogen-bond donors (Lipinski definition) is 1. The molecule has 2 fully saturated rings. The van der Waals surface area contributed by atoms with Gasteiger partial charge in [-0.05, 0) is 18.9 Å². The van der Waals surface area contributed by atoms with Crippen LogP contribution in [-0.4, -0.2) is 46.8 Å². The molecule has 1 aliphatic heterocycles. The maximum atomic E-state index is 13.8. The monoisotopic (exact) mass is 323 g/mol. The van der Waals surface area contributed by atoms with Gasteiger partial charge in [-0.1, -0.05) is 6.07 Å². The molecule has 0 aromatic heterocycles. The molecule has 122 valence electrons. The van der Waals surface area contributed by atoms with Crippen molar-refractivity contribution in [3.63, 3.8) is 0 Å². The highest BCUT2D eigenvalue weighted by atomic mass is 19.1. The Balaban J connectivity index is 1.72. The Morgan fingerprint density at radius 2 is 2.04 bits per heavy atom. The van der Waals surface area contributed by atoms with Crippen molar-refractivity contribution in [2.24, 2.45) is 0 Å². The molecular formula is C15H15F2N3O3. The third-order valence-corrected chi connectivity index (χ3v) is 3.89. The standard InChI is InChI=1S/C15H15F2N3O3/c16-10-2-1-9(12(17)5-10)7-19(11-3-4-11)14(22)8-20-13(21)6-18-15(20)23/h1-2,5,11H,3-4,6-8H2,(H,18,23). The minimum atomic E-state index is -0.724. The van der Waals surface area contributed by atoms with Crippen molar-refractivity contribution in [3.8, 4) is 0 Å². The lowest BCUT2D eigenvalue weighted by molar-refractivity contribution is -0.137. The zero-order chi connectivity index (χ0) is 16.6. The van der Waals surface area contributed by atoms with Crippen molar-refractivity contribution in [2.45, 2.75) is 25.4 Å². The second kappa shape index (κ2) is 5.94. The molecule has 1 heterocycles. The number of nitrogens with zero attached hydrogens (tertiary/aromatic N) is 2. The molecule has 3 rings (SSSR count). The van der Waals surface area contributed by atoms with Crippen LogP contribution in [0.4, 0.5) is 13.6 Å². The number of carbonyl (C=O) groups excluding carboxylic acids is 3. The predicted octanol–water partition coefficient (Wildman–Crippen LogP) is 1.01. The number of amides is 4. The average Bonchev–Trinajstić information content (AvgIpc) is 3.29. The zero-order valence-corrected chi connectivity index (χ0v) is 12.2. The van der Waals surface area contributed by atoms with Crippen LogP contribution in [0.2, 0.25) is 0 Å². The quantitative estimate of drug-likeness (QED) is 0.822. The summed E-state index contributed by atoms with van der Waals surface area (Å²) in [4.78, 5) is 37.7. The molecule has 0 atom stereocenters. The van der Waals surface area contributed by atoms with Crippen molar-refractivity contribution >= 4 is 17.8 Å². The molecule has 8 heteroatoms. The van der Waals surface area contributed by atoms with Crippen molar-refractivity contribution in [1.29, 1.82) is 0 Å². The van der Waals surface area contributed by atoms with E-state index in [0.717, 1.165) is 29.9 Å². The molecule has 0 bridgehead atoms. The van der Waals surface area contributed by atoms with Gasteiger partial charge >= 0.3 is 6.03 Å². The van der Waals surface area contributed by atoms with Gasteiger partial charge in [0, 0.05) is 24.2 Å². The van der Waals surface area contributed by atoms with Crippen LogP contribution >= 0.6 is 0 Å². The molecule has 1 saturated heterocycles. The molecule has 1 aliphatic carbocycles. The predicted molar refractivity (Wildman–Crippen MR) is 75.0 cm³/mol. The summed E-state index contributed by atoms with van der Waals surface area (Å²) in [6.45, 7) is -0.509. The van der Waals surface area contributed by atoms with E-state index < -0.39 is 29.5 Å². The molecular weight excluding hydrogens is 308 g/mol. The van der Waals surface area contributed by atoms with Crippen molar-refractivity contribution < 1.29 is 23.2 Å². The summed E-state index contributed by atoms with van der Waals surface area (Å²) in [5, 5.41) is 2.34. The highest BCUT2D eigenvalue weighted by molar-refractivity contribution is 6.04. The van der Waals surface area contributed by atoms with Gasteiger partial charge in [-0.25, -0.2) is 13.6 Å². The first-order chi connectivity index (χ1) is 11.0. The summed E-state index contributed by atoms with van der Waals surface area (Å²) in [7, 11) is 0. The Labute approximate surface area is 131 Å². The van der Waals surface area contributed by atoms with E-state index in [1.165, 1.54) is 11.0 Å². The van der Waals surface area contributed by atoms with Crippen LogP contribution in [0.15, 0.2) is 18.2 Å². The Hall–Kier alpha value is -2.51. The van der Waals surface area contributed by atoms with Crippen molar-refractivity contribution in [2.75, 3.05) is 13.1 Å². The fourth-order valence-electron chi connectivity index (χ4n) is 2.48. The minimum absolute atomic E-state index is 0.0146. The molecule has 6 nitrogen and oxygen atoms in total. The van der Waals surface area contributed by atoms with Gasteiger partial charge in [-0.3, -0.25) is 14.5 Å². The van der Waals surface area contributed by atoms with Gasteiger partial charge in [0.05, 0.1) is 6.54 Å². The lowest BCUT2D eigenvalue weighted by Gasteiger charge is -2.24.